The Kier molecular flexibility index (Phi) is 5.68. The molecule has 0 radical (unpaired) electrons. The summed E-state index contributed by atoms with van der Waals surface area (Å²) < 4.78 is 8.22. The molecule has 3 aromatic rings. The van der Waals surface area contributed by atoms with Crippen molar-refractivity contribution in [3.05, 3.63) is 61.0 Å². The van der Waals surface area contributed by atoms with Crippen molar-refractivity contribution in [2.24, 2.45) is 14.1 Å². The first-order valence-electron chi connectivity index (χ1n) is 8.92. The second-order valence-corrected chi connectivity index (χ2v) is 6.67. The molecule has 0 aliphatic carbocycles. The maximum atomic E-state index is 12.4. The van der Waals surface area contributed by atoms with E-state index >= 15 is 0 Å². The minimum Gasteiger partial charge on any atom is -0.454 e. The molecule has 0 spiro atoms. The molecule has 0 bridgehead atoms. The zero-order valence-electron chi connectivity index (χ0n) is 16.8. The van der Waals surface area contributed by atoms with Crippen LogP contribution < -0.4 is 16.6 Å². The van der Waals surface area contributed by atoms with Crippen LogP contribution in [0.5, 0.6) is 0 Å². The molecule has 0 aliphatic rings. The van der Waals surface area contributed by atoms with Gasteiger partial charge in [0.05, 0.1) is 22.5 Å². The molecular weight excluding hydrogens is 412 g/mol. The van der Waals surface area contributed by atoms with Gasteiger partial charge in [0, 0.05) is 20.2 Å². The second kappa shape index (κ2) is 8.22. The number of imidazole rings is 1. The Balaban J connectivity index is 1.68. The van der Waals surface area contributed by atoms with E-state index in [-0.39, 0.29) is 28.1 Å². The Labute approximate surface area is 173 Å². The van der Waals surface area contributed by atoms with Gasteiger partial charge in [-0.3, -0.25) is 33.6 Å². The fourth-order valence-corrected chi connectivity index (χ4v) is 2.99. The highest BCUT2D eigenvalue weighted by atomic mass is 16.6. The van der Waals surface area contributed by atoms with Crippen molar-refractivity contribution >= 4 is 34.4 Å². The molecule has 0 aliphatic heterocycles. The molecule has 13 heteroatoms. The Morgan fingerprint density at radius 3 is 2.61 bits per heavy atom. The maximum absolute atomic E-state index is 12.4. The van der Waals surface area contributed by atoms with E-state index in [4.69, 9.17) is 4.74 Å². The van der Waals surface area contributed by atoms with E-state index < -0.39 is 41.2 Å². The lowest BCUT2D eigenvalue weighted by molar-refractivity contribution is -0.385. The van der Waals surface area contributed by atoms with Gasteiger partial charge in [-0.1, -0.05) is 6.07 Å². The van der Waals surface area contributed by atoms with Crippen molar-refractivity contribution in [3.8, 4) is 0 Å². The third kappa shape index (κ3) is 4.05. The number of hydrogen-bond acceptors (Lipinski definition) is 8. The summed E-state index contributed by atoms with van der Waals surface area (Å²) in [6.07, 6.45) is 1.22. The van der Waals surface area contributed by atoms with Crippen LogP contribution in [0.4, 0.5) is 11.4 Å². The number of fused-ring (bicyclic) bond motifs is 1. The number of amides is 1. The molecule has 1 N–H and O–H groups in total. The summed E-state index contributed by atoms with van der Waals surface area (Å²) in [7, 11) is 2.75. The number of aryl methyl sites for hydroxylation is 1. The number of nitro benzene ring substituents is 1. The summed E-state index contributed by atoms with van der Waals surface area (Å²) in [5.41, 5.74) is -0.699. The van der Waals surface area contributed by atoms with Gasteiger partial charge < -0.3 is 14.6 Å². The van der Waals surface area contributed by atoms with Crippen LogP contribution in [-0.4, -0.2) is 42.1 Å². The first kappa shape index (κ1) is 21.4. The number of carbonyl (C=O) groups is 2. The summed E-state index contributed by atoms with van der Waals surface area (Å²) in [6.45, 7) is 0.439. The highest BCUT2D eigenvalue weighted by molar-refractivity contribution is 5.94. The predicted octanol–water partition coefficient (Wildman–Crippen LogP) is -0.168. The van der Waals surface area contributed by atoms with Crippen LogP contribution in [0.2, 0.25) is 0 Å². The number of rotatable bonds is 6. The quantitative estimate of drug-likeness (QED) is 0.320. The highest BCUT2D eigenvalue weighted by Crippen LogP contribution is 2.24. The third-order valence-corrected chi connectivity index (χ3v) is 4.66. The number of carbonyl (C=O) groups excluding carboxylic acids is 2. The Hall–Kier alpha value is -4.29. The molecule has 2 aromatic heterocycles. The second-order valence-electron chi connectivity index (χ2n) is 6.67. The lowest BCUT2D eigenvalue weighted by atomic mass is 10.1. The number of nitrogens with zero attached hydrogens (tertiary/aromatic N) is 5. The number of hydrogen-bond donors (Lipinski definition) is 1. The van der Waals surface area contributed by atoms with Gasteiger partial charge in [-0.25, -0.2) is 9.78 Å². The first-order valence-corrected chi connectivity index (χ1v) is 8.92. The van der Waals surface area contributed by atoms with Gasteiger partial charge in [0.1, 0.15) is 6.54 Å². The predicted molar refractivity (Wildman–Crippen MR) is 108 cm³/mol. The normalized spacial score (nSPS) is 10.8. The molecule has 1 aromatic carbocycles. The SMILES string of the molecule is Cc1c(NC(=O)COC(=O)Cn2cnc3c2c(=O)n(C)c(=O)n3C)cccc1[N+](=O)[O-]. The van der Waals surface area contributed by atoms with Crippen LogP contribution in [0.1, 0.15) is 5.56 Å². The van der Waals surface area contributed by atoms with Crippen molar-refractivity contribution in [2.75, 3.05) is 11.9 Å². The smallest absolute Gasteiger partial charge is 0.332 e. The van der Waals surface area contributed by atoms with E-state index in [1.54, 1.807) is 0 Å². The van der Waals surface area contributed by atoms with E-state index in [2.05, 4.69) is 10.3 Å². The van der Waals surface area contributed by atoms with E-state index in [0.717, 1.165) is 4.57 Å². The monoisotopic (exact) mass is 430 g/mol. The van der Waals surface area contributed by atoms with Crippen LogP contribution >= 0.6 is 0 Å². The van der Waals surface area contributed by atoms with Crippen LogP contribution in [0.15, 0.2) is 34.1 Å². The fraction of sp³-hybridized carbons (Fsp3) is 0.278. The number of nitrogens with one attached hydrogen (secondary N) is 1. The molecule has 0 saturated carbocycles. The molecule has 0 unspecified atom stereocenters. The van der Waals surface area contributed by atoms with Crippen molar-refractivity contribution in [1.29, 1.82) is 0 Å². The molecular formula is C18H18N6O7. The largest absolute Gasteiger partial charge is 0.454 e. The molecule has 0 fully saturated rings. The summed E-state index contributed by atoms with van der Waals surface area (Å²) >= 11 is 0. The number of aromatic nitrogens is 4. The Morgan fingerprint density at radius 2 is 1.94 bits per heavy atom. The van der Waals surface area contributed by atoms with Gasteiger partial charge in [-0.15, -0.1) is 0 Å². The number of ether oxygens (including phenoxy) is 1. The molecule has 0 saturated heterocycles. The fourth-order valence-electron chi connectivity index (χ4n) is 2.99. The van der Waals surface area contributed by atoms with E-state index in [1.807, 2.05) is 0 Å². The van der Waals surface area contributed by atoms with Gasteiger partial charge in [-0.2, -0.15) is 0 Å². The zero-order chi connectivity index (χ0) is 22.9. The Bertz CT molecular complexity index is 1330. The minimum atomic E-state index is -0.818. The molecule has 13 nitrogen and oxygen atoms in total. The van der Waals surface area contributed by atoms with Gasteiger partial charge in [-0.05, 0) is 13.0 Å². The number of esters is 1. The van der Waals surface area contributed by atoms with Gasteiger partial charge in [0.15, 0.2) is 17.8 Å². The van der Waals surface area contributed by atoms with E-state index in [0.29, 0.717) is 0 Å². The standard InChI is InChI=1S/C18H18N6O7/c1-10-11(5-4-6-12(10)24(29)30)20-13(25)8-31-14(26)7-23-9-19-16-15(23)17(27)22(3)18(28)21(16)2/h4-6,9H,7-8H2,1-3H3,(H,20,25). The number of benzene rings is 1. The van der Waals surface area contributed by atoms with Gasteiger partial charge >= 0.3 is 11.7 Å². The molecule has 2 heterocycles. The van der Waals surface area contributed by atoms with Gasteiger partial charge in [0.25, 0.3) is 17.2 Å². The summed E-state index contributed by atoms with van der Waals surface area (Å²) in [5, 5.41) is 13.4. The first-order chi connectivity index (χ1) is 14.6. The van der Waals surface area contributed by atoms with Crippen molar-refractivity contribution in [3.63, 3.8) is 0 Å². The van der Waals surface area contributed by atoms with Crippen molar-refractivity contribution in [2.45, 2.75) is 13.5 Å². The topological polar surface area (TPSA) is 160 Å². The molecule has 1 amide bonds. The molecule has 162 valence electrons. The Morgan fingerprint density at radius 1 is 1.23 bits per heavy atom. The van der Waals surface area contributed by atoms with Crippen LogP contribution in [0.3, 0.4) is 0 Å². The lowest BCUT2D eigenvalue weighted by Crippen LogP contribution is -2.37. The third-order valence-electron chi connectivity index (χ3n) is 4.66. The lowest BCUT2D eigenvalue weighted by Gasteiger charge is -2.10. The van der Waals surface area contributed by atoms with Crippen molar-refractivity contribution in [1.82, 2.24) is 18.7 Å². The summed E-state index contributed by atoms with van der Waals surface area (Å²) in [4.78, 5) is 62.9. The molecule has 0 atom stereocenters. The highest BCUT2D eigenvalue weighted by Gasteiger charge is 2.18. The van der Waals surface area contributed by atoms with E-state index in [1.165, 1.54) is 54.7 Å². The zero-order valence-corrected chi connectivity index (χ0v) is 16.8. The molecule has 3 rings (SSSR count). The maximum Gasteiger partial charge on any atom is 0.332 e. The average molecular weight is 430 g/mol. The van der Waals surface area contributed by atoms with Crippen LogP contribution in [0, 0.1) is 17.0 Å². The minimum absolute atomic E-state index is 0.0400. The average Bonchev–Trinajstić information content (AvgIpc) is 3.14. The number of nitro groups is 1. The number of anilines is 1. The summed E-state index contributed by atoms with van der Waals surface area (Å²) in [5.74, 6) is -1.51. The van der Waals surface area contributed by atoms with Gasteiger partial charge in [0.2, 0.25) is 0 Å². The van der Waals surface area contributed by atoms with Crippen molar-refractivity contribution < 1.29 is 19.2 Å². The van der Waals surface area contributed by atoms with E-state index in [9.17, 15) is 29.3 Å². The molecule has 31 heavy (non-hydrogen) atoms. The summed E-state index contributed by atoms with van der Waals surface area (Å²) in [6, 6.07) is 4.21. The van der Waals surface area contributed by atoms with Crippen LogP contribution in [0.25, 0.3) is 11.2 Å². The van der Waals surface area contributed by atoms with Crippen LogP contribution in [-0.2, 0) is 35.0 Å².